The molecule has 0 bridgehead atoms. The molecule has 0 radical (unpaired) electrons. The quantitative estimate of drug-likeness (QED) is 0.294. The summed E-state index contributed by atoms with van der Waals surface area (Å²) in [6.45, 7) is 0.912. The van der Waals surface area contributed by atoms with Crippen LogP contribution in [0.2, 0.25) is 0 Å². The van der Waals surface area contributed by atoms with E-state index in [0.29, 0.717) is 24.3 Å². The number of halogens is 3. The highest BCUT2D eigenvalue weighted by atomic mass is 19.4. The van der Waals surface area contributed by atoms with Crippen LogP contribution in [0.1, 0.15) is 32.6 Å². The molecule has 170 valence electrons. The first kappa shape index (κ1) is 21.7. The van der Waals surface area contributed by atoms with Gasteiger partial charge in [0.1, 0.15) is 0 Å². The molecular weight excluding hydrogens is 439 g/mol. The van der Waals surface area contributed by atoms with Gasteiger partial charge in [0, 0.05) is 29.9 Å². The number of nitrogens with zero attached hydrogens (tertiary/aromatic N) is 2. The number of carbonyl (C=O) groups is 1. The fourth-order valence-electron chi connectivity index (χ4n) is 4.19. The Morgan fingerprint density at radius 1 is 0.882 bits per heavy atom. The Morgan fingerprint density at radius 2 is 1.65 bits per heavy atom. The third-order valence-corrected chi connectivity index (χ3v) is 5.92. The molecule has 0 fully saturated rings. The van der Waals surface area contributed by atoms with E-state index in [1.54, 1.807) is 24.4 Å². The van der Waals surface area contributed by atoms with E-state index < -0.39 is 11.7 Å². The van der Waals surface area contributed by atoms with Crippen LogP contribution in [0.4, 0.5) is 18.9 Å². The highest BCUT2D eigenvalue weighted by molar-refractivity contribution is 6.00. The summed E-state index contributed by atoms with van der Waals surface area (Å²) in [7, 11) is 0. The Morgan fingerprint density at radius 3 is 2.50 bits per heavy atom. The molecule has 0 saturated carbocycles. The number of benzene rings is 4. The molecule has 1 heterocycles. The first-order chi connectivity index (χ1) is 16.4. The van der Waals surface area contributed by atoms with Gasteiger partial charge in [0.25, 0.3) is 5.91 Å². The molecule has 7 heteroatoms. The summed E-state index contributed by atoms with van der Waals surface area (Å²) in [5, 5.41) is 6.24. The average molecular weight is 459 g/mol. The standard InChI is InChI=1S/C27H20F3N3O/c28-27(29,30)23-8-4-9-24(14-23)33-16-21-12-11-19(13-22(21)17-33)26(34)32-31-15-20-7-3-6-18-5-1-2-10-25(18)20/h1-15H,16-17H2,(H,32,34)/b31-15-. The largest absolute Gasteiger partial charge is 0.416 e. The van der Waals surface area contributed by atoms with Crippen LogP contribution in [0.3, 0.4) is 0 Å². The van der Waals surface area contributed by atoms with E-state index in [0.717, 1.165) is 39.6 Å². The summed E-state index contributed by atoms with van der Waals surface area (Å²) in [4.78, 5) is 14.5. The van der Waals surface area contributed by atoms with Crippen LogP contribution < -0.4 is 10.3 Å². The van der Waals surface area contributed by atoms with Crippen LogP contribution in [0, 0.1) is 0 Å². The van der Waals surface area contributed by atoms with Gasteiger partial charge >= 0.3 is 6.18 Å². The summed E-state index contributed by atoms with van der Waals surface area (Å²) < 4.78 is 39.2. The van der Waals surface area contributed by atoms with Crippen molar-refractivity contribution in [1.82, 2.24) is 5.43 Å². The highest BCUT2D eigenvalue weighted by Gasteiger charge is 2.31. The zero-order valence-electron chi connectivity index (χ0n) is 18.0. The second-order valence-electron chi connectivity index (χ2n) is 8.16. The van der Waals surface area contributed by atoms with Crippen LogP contribution in [0.25, 0.3) is 10.8 Å². The highest BCUT2D eigenvalue weighted by Crippen LogP contribution is 2.34. The number of anilines is 1. The summed E-state index contributed by atoms with van der Waals surface area (Å²) >= 11 is 0. The van der Waals surface area contributed by atoms with Crippen molar-refractivity contribution in [2.75, 3.05) is 4.90 Å². The van der Waals surface area contributed by atoms with Crippen molar-refractivity contribution in [3.8, 4) is 0 Å². The van der Waals surface area contributed by atoms with Gasteiger partial charge in [0.05, 0.1) is 11.8 Å². The topological polar surface area (TPSA) is 44.7 Å². The summed E-state index contributed by atoms with van der Waals surface area (Å²) in [6, 6.07) is 24.4. The van der Waals surface area contributed by atoms with Crippen LogP contribution in [-0.4, -0.2) is 12.1 Å². The lowest BCUT2D eigenvalue weighted by atomic mass is 10.1. The lowest BCUT2D eigenvalue weighted by Crippen LogP contribution is -2.18. The zero-order valence-corrected chi connectivity index (χ0v) is 18.0. The molecule has 4 aromatic rings. The summed E-state index contributed by atoms with van der Waals surface area (Å²) in [6.07, 6.45) is -2.77. The summed E-state index contributed by atoms with van der Waals surface area (Å²) in [5.41, 5.74) is 5.61. The predicted octanol–water partition coefficient (Wildman–Crippen LogP) is 6.14. The number of alkyl halides is 3. The number of fused-ring (bicyclic) bond motifs is 2. The van der Waals surface area contributed by atoms with Gasteiger partial charge in [-0.25, -0.2) is 5.43 Å². The van der Waals surface area contributed by atoms with Gasteiger partial charge in [0.15, 0.2) is 0 Å². The Labute approximate surface area is 194 Å². The maximum Gasteiger partial charge on any atom is 0.416 e. The molecule has 1 aliphatic rings. The summed E-state index contributed by atoms with van der Waals surface area (Å²) in [5.74, 6) is -0.350. The molecule has 0 aromatic heterocycles. The van der Waals surface area contributed by atoms with Gasteiger partial charge in [0.2, 0.25) is 0 Å². The fourth-order valence-corrected chi connectivity index (χ4v) is 4.19. The minimum atomic E-state index is -4.39. The van der Waals surface area contributed by atoms with Gasteiger partial charge in [-0.2, -0.15) is 18.3 Å². The molecule has 1 N–H and O–H groups in total. The van der Waals surface area contributed by atoms with Gasteiger partial charge in [-0.3, -0.25) is 4.79 Å². The van der Waals surface area contributed by atoms with Crippen molar-refractivity contribution in [1.29, 1.82) is 0 Å². The molecule has 0 spiro atoms. The minimum Gasteiger partial charge on any atom is -0.363 e. The molecule has 1 aliphatic heterocycles. The lowest BCUT2D eigenvalue weighted by molar-refractivity contribution is -0.137. The Bertz CT molecular complexity index is 1410. The van der Waals surface area contributed by atoms with E-state index in [2.05, 4.69) is 10.5 Å². The van der Waals surface area contributed by atoms with E-state index >= 15 is 0 Å². The molecule has 4 aromatic carbocycles. The van der Waals surface area contributed by atoms with E-state index in [4.69, 9.17) is 0 Å². The van der Waals surface area contributed by atoms with Crippen LogP contribution in [0.5, 0.6) is 0 Å². The van der Waals surface area contributed by atoms with Gasteiger partial charge in [-0.15, -0.1) is 0 Å². The van der Waals surface area contributed by atoms with Crippen LogP contribution >= 0.6 is 0 Å². The van der Waals surface area contributed by atoms with Crippen molar-refractivity contribution in [2.24, 2.45) is 5.10 Å². The van der Waals surface area contributed by atoms with Gasteiger partial charge in [-0.1, -0.05) is 54.6 Å². The Hall–Kier alpha value is -4.13. The number of hydrogen-bond acceptors (Lipinski definition) is 3. The number of nitrogens with one attached hydrogen (secondary N) is 1. The molecule has 0 aliphatic carbocycles. The Kier molecular flexibility index (Phi) is 5.53. The fraction of sp³-hybridized carbons (Fsp3) is 0.111. The SMILES string of the molecule is O=C(N/N=C\c1cccc2ccccc12)c1ccc2c(c1)CN(c1cccc(C(F)(F)F)c1)C2. The third-order valence-electron chi connectivity index (χ3n) is 5.92. The van der Waals surface area contributed by atoms with E-state index in [1.165, 1.54) is 6.07 Å². The van der Waals surface area contributed by atoms with Crippen LogP contribution in [0.15, 0.2) is 90.0 Å². The first-order valence-corrected chi connectivity index (χ1v) is 10.7. The van der Waals surface area contributed by atoms with E-state index in [1.807, 2.05) is 53.4 Å². The minimum absolute atomic E-state index is 0.350. The molecule has 0 saturated heterocycles. The van der Waals surface area contributed by atoms with Crippen molar-refractivity contribution in [3.63, 3.8) is 0 Å². The lowest BCUT2D eigenvalue weighted by Gasteiger charge is -2.19. The number of amides is 1. The molecule has 0 atom stereocenters. The normalized spacial score (nSPS) is 13.4. The monoisotopic (exact) mass is 459 g/mol. The number of rotatable bonds is 4. The van der Waals surface area contributed by atoms with Crippen molar-refractivity contribution < 1.29 is 18.0 Å². The Balaban J connectivity index is 1.29. The van der Waals surface area contributed by atoms with Crippen molar-refractivity contribution in [3.05, 3.63) is 113 Å². The van der Waals surface area contributed by atoms with Gasteiger partial charge < -0.3 is 4.90 Å². The molecule has 1 amide bonds. The molecule has 0 unspecified atom stereocenters. The first-order valence-electron chi connectivity index (χ1n) is 10.7. The smallest absolute Gasteiger partial charge is 0.363 e. The maximum atomic E-state index is 13.1. The third kappa shape index (κ3) is 4.37. The number of hydrogen-bond donors (Lipinski definition) is 1. The molecular formula is C27H20F3N3O. The van der Waals surface area contributed by atoms with Crippen molar-refractivity contribution in [2.45, 2.75) is 19.3 Å². The molecule has 4 nitrogen and oxygen atoms in total. The second kappa shape index (κ2) is 8.67. The average Bonchev–Trinajstić information content (AvgIpc) is 3.27. The predicted molar refractivity (Wildman–Crippen MR) is 127 cm³/mol. The van der Waals surface area contributed by atoms with E-state index in [-0.39, 0.29) is 5.91 Å². The van der Waals surface area contributed by atoms with Crippen molar-refractivity contribution >= 4 is 28.6 Å². The zero-order chi connectivity index (χ0) is 23.7. The molecule has 5 rings (SSSR count). The maximum absolute atomic E-state index is 13.1. The number of carbonyl (C=O) groups excluding carboxylic acids is 1. The molecule has 34 heavy (non-hydrogen) atoms. The number of hydrazone groups is 1. The van der Waals surface area contributed by atoms with Gasteiger partial charge in [-0.05, 0) is 52.2 Å². The van der Waals surface area contributed by atoms with Crippen LogP contribution in [-0.2, 0) is 19.3 Å². The second-order valence-corrected chi connectivity index (χ2v) is 8.16. The van der Waals surface area contributed by atoms with E-state index in [9.17, 15) is 18.0 Å².